The minimum atomic E-state index is -0.708. The quantitative estimate of drug-likeness (QED) is 0.156. The molecule has 1 N–H and O–H groups in total. The Morgan fingerprint density at radius 3 is 2.04 bits per heavy atom. The number of phenolic OH excluding ortho intramolecular Hbond substituents is 1. The summed E-state index contributed by atoms with van der Waals surface area (Å²) in [4.78, 5) is 45.4. The Kier molecular flexibility index (Phi) is 9.77. The zero-order valence-electron chi connectivity index (χ0n) is 26.1. The van der Waals surface area contributed by atoms with E-state index in [9.17, 15) is 19.5 Å². The van der Waals surface area contributed by atoms with Gasteiger partial charge in [0, 0.05) is 24.5 Å². The molecule has 45 heavy (non-hydrogen) atoms. The summed E-state index contributed by atoms with van der Waals surface area (Å²) in [5, 5.41) is 10.4. The van der Waals surface area contributed by atoms with Gasteiger partial charge in [-0.25, -0.2) is 4.79 Å². The first-order valence-corrected chi connectivity index (χ1v) is 16.1. The summed E-state index contributed by atoms with van der Waals surface area (Å²) in [6, 6.07) is 21.9. The number of phenols is 1. The van der Waals surface area contributed by atoms with Crippen LogP contribution in [0.3, 0.4) is 0 Å². The lowest BCUT2D eigenvalue weighted by Crippen LogP contribution is -2.64. The number of rotatable bonds is 10. The molecule has 3 aromatic rings. The van der Waals surface area contributed by atoms with Crippen molar-refractivity contribution in [3.8, 4) is 5.75 Å². The highest BCUT2D eigenvalue weighted by Gasteiger charge is 2.54. The number of amides is 1. The number of carbonyl (C=O) groups excluding carboxylic acids is 3. The zero-order chi connectivity index (χ0) is 32.2. The average molecular weight is 627 g/mol. The maximum atomic E-state index is 14.0. The zero-order valence-corrected chi connectivity index (χ0v) is 26.9. The van der Waals surface area contributed by atoms with Crippen LogP contribution < -0.4 is 0 Å². The van der Waals surface area contributed by atoms with E-state index in [1.807, 2.05) is 100 Å². The predicted molar refractivity (Wildman–Crippen MR) is 175 cm³/mol. The number of hydrogen-bond donors (Lipinski definition) is 1. The van der Waals surface area contributed by atoms with Crippen molar-refractivity contribution in [3.63, 3.8) is 0 Å². The smallest absolute Gasteiger partial charge is 0.356 e. The fourth-order valence-electron chi connectivity index (χ4n) is 5.53. The summed E-state index contributed by atoms with van der Waals surface area (Å²) in [7, 11) is 0. The van der Waals surface area contributed by atoms with E-state index in [1.54, 1.807) is 6.21 Å². The number of thioether (sulfide) groups is 1. The second-order valence-electron chi connectivity index (χ2n) is 11.8. The van der Waals surface area contributed by atoms with E-state index in [4.69, 9.17) is 9.47 Å². The number of nitrogens with zero attached hydrogens (tertiary/aromatic N) is 2. The SMILES string of the molecule is CC(=O)OCC1=C(C(=O)OC(c2ccccc2)c2ccccc2)N2C(=O)C(/N=C/c3cc(C(C)C)c(O)c(C(C)C)c3)[C@H]2SC1. The fraction of sp³-hybridized carbons (Fsp3) is 0.333. The number of esters is 2. The van der Waals surface area contributed by atoms with Crippen LogP contribution in [-0.4, -0.2) is 57.8 Å². The van der Waals surface area contributed by atoms with Crippen molar-refractivity contribution in [2.45, 2.75) is 64.0 Å². The summed E-state index contributed by atoms with van der Waals surface area (Å²) in [5.41, 5.74) is 4.63. The Hall–Kier alpha value is -4.37. The Balaban J connectivity index is 1.44. The molecule has 1 saturated heterocycles. The van der Waals surface area contributed by atoms with Gasteiger partial charge in [-0.2, -0.15) is 0 Å². The first kappa shape index (κ1) is 32.0. The lowest BCUT2D eigenvalue weighted by atomic mass is 9.91. The molecule has 2 aliphatic heterocycles. The molecule has 0 bridgehead atoms. The van der Waals surface area contributed by atoms with Crippen molar-refractivity contribution in [1.82, 2.24) is 4.90 Å². The van der Waals surface area contributed by atoms with Crippen molar-refractivity contribution < 1.29 is 29.0 Å². The second kappa shape index (κ2) is 13.7. The van der Waals surface area contributed by atoms with E-state index in [1.165, 1.54) is 23.6 Å². The van der Waals surface area contributed by atoms with Gasteiger partial charge < -0.3 is 14.6 Å². The van der Waals surface area contributed by atoms with E-state index in [0.717, 1.165) is 27.8 Å². The number of aromatic hydroxyl groups is 1. The van der Waals surface area contributed by atoms with E-state index in [2.05, 4.69) is 4.99 Å². The van der Waals surface area contributed by atoms with Crippen LogP contribution in [0.5, 0.6) is 5.75 Å². The standard InChI is InChI=1S/C36H38N2O6S/c1-21(2)28-16-24(17-29(22(3)4)32(28)40)18-37-30-34(41)38-31(27(19-43-23(5)39)20-45-35(30)38)36(42)44-33(25-12-8-6-9-13-25)26-14-10-7-11-15-26/h6-18,21-22,30,33,35,40H,19-20H2,1-5H3/b37-18+/t30?,35-/m1/s1. The van der Waals surface area contributed by atoms with Gasteiger partial charge in [0.2, 0.25) is 0 Å². The van der Waals surface area contributed by atoms with E-state index < -0.39 is 29.5 Å². The molecule has 2 aliphatic rings. The third-order valence-corrected chi connectivity index (χ3v) is 9.24. The maximum absolute atomic E-state index is 14.0. The number of ether oxygens (including phenoxy) is 2. The number of hydrogen-bond acceptors (Lipinski definition) is 8. The van der Waals surface area contributed by atoms with Crippen LogP contribution in [0.25, 0.3) is 0 Å². The molecule has 0 aromatic heterocycles. The molecule has 1 unspecified atom stereocenters. The largest absolute Gasteiger partial charge is 0.507 e. The number of carbonyl (C=O) groups is 3. The molecule has 9 heteroatoms. The average Bonchev–Trinajstić information content (AvgIpc) is 3.03. The molecule has 0 spiro atoms. The van der Waals surface area contributed by atoms with Crippen LogP contribution in [0.1, 0.15) is 80.4 Å². The van der Waals surface area contributed by atoms with Crippen LogP contribution in [0, 0.1) is 0 Å². The minimum absolute atomic E-state index is 0.0992. The predicted octanol–water partition coefficient (Wildman–Crippen LogP) is 6.49. The Bertz CT molecular complexity index is 1570. The van der Waals surface area contributed by atoms with E-state index >= 15 is 0 Å². The highest BCUT2D eigenvalue weighted by Crippen LogP contribution is 2.43. The summed E-state index contributed by atoms with van der Waals surface area (Å²) in [6.45, 7) is 9.26. The molecule has 0 saturated carbocycles. The molecular weight excluding hydrogens is 588 g/mol. The molecule has 234 valence electrons. The van der Waals surface area contributed by atoms with Crippen LogP contribution >= 0.6 is 11.8 Å². The van der Waals surface area contributed by atoms with Crippen LogP contribution in [0.2, 0.25) is 0 Å². The molecule has 0 radical (unpaired) electrons. The number of aliphatic imine (C=N–C) groups is 1. The molecule has 0 aliphatic carbocycles. The highest BCUT2D eigenvalue weighted by molar-refractivity contribution is 8.00. The van der Waals surface area contributed by atoms with E-state index in [0.29, 0.717) is 17.1 Å². The normalized spacial score (nSPS) is 18.0. The van der Waals surface area contributed by atoms with Gasteiger partial charge in [0.1, 0.15) is 23.4 Å². The molecule has 1 amide bonds. The van der Waals surface area contributed by atoms with Gasteiger partial charge in [0.05, 0.1) is 0 Å². The van der Waals surface area contributed by atoms with Gasteiger partial charge in [-0.15, -0.1) is 11.8 Å². The van der Waals surface area contributed by atoms with Gasteiger partial charge in [-0.05, 0) is 51.8 Å². The van der Waals surface area contributed by atoms with Crippen LogP contribution in [-0.2, 0) is 23.9 Å². The summed E-state index contributed by atoms with van der Waals surface area (Å²) in [5.74, 6) is -0.610. The van der Waals surface area contributed by atoms with Gasteiger partial charge >= 0.3 is 11.9 Å². The molecule has 1 fully saturated rings. The van der Waals surface area contributed by atoms with Gasteiger partial charge in [-0.1, -0.05) is 88.4 Å². The Morgan fingerprint density at radius 2 is 1.53 bits per heavy atom. The molecule has 2 atom stereocenters. The van der Waals surface area contributed by atoms with Crippen molar-refractivity contribution >= 4 is 35.8 Å². The summed E-state index contributed by atoms with van der Waals surface area (Å²) in [6.07, 6.45) is 0.967. The van der Waals surface area contributed by atoms with Crippen molar-refractivity contribution in [3.05, 3.63) is 112 Å². The molecule has 5 rings (SSSR count). The third-order valence-electron chi connectivity index (χ3n) is 7.91. The molecule has 3 aromatic carbocycles. The maximum Gasteiger partial charge on any atom is 0.356 e. The highest BCUT2D eigenvalue weighted by atomic mass is 32.2. The van der Waals surface area contributed by atoms with Crippen molar-refractivity contribution in [1.29, 1.82) is 0 Å². The molecule has 8 nitrogen and oxygen atoms in total. The number of β-lactam (4-membered cyclic amide) rings is 1. The van der Waals surface area contributed by atoms with Crippen LogP contribution in [0.15, 0.2) is 89.1 Å². The van der Waals surface area contributed by atoms with Crippen LogP contribution in [0.4, 0.5) is 0 Å². The summed E-state index contributed by atoms with van der Waals surface area (Å²) < 4.78 is 11.4. The monoisotopic (exact) mass is 626 g/mol. The molecule has 2 heterocycles. The van der Waals surface area contributed by atoms with Crippen molar-refractivity contribution in [2.75, 3.05) is 12.4 Å². The lowest BCUT2D eigenvalue weighted by molar-refractivity contribution is -0.153. The second-order valence-corrected chi connectivity index (χ2v) is 12.9. The van der Waals surface area contributed by atoms with Crippen molar-refractivity contribution in [2.24, 2.45) is 4.99 Å². The topological polar surface area (TPSA) is 106 Å². The summed E-state index contributed by atoms with van der Waals surface area (Å²) >= 11 is 1.47. The Morgan fingerprint density at radius 1 is 0.978 bits per heavy atom. The molecular formula is C36H38N2O6S. The first-order valence-electron chi connectivity index (χ1n) is 15.1. The fourth-order valence-corrected chi connectivity index (χ4v) is 6.85. The Labute approximate surface area is 268 Å². The lowest BCUT2D eigenvalue weighted by Gasteiger charge is -2.48. The third kappa shape index (κ3) is 6.83. The van der Waals surface area contributed by atoms with Gasteiger partial charge in [0.15, 0.2) is 12.1 Å². The number of fused-ring (bicyclic) bond motifs is 1. The van der Waals surface area contributed by atoms with Gasteiger partial charge in [-0.3, -0.25) is 19.5 Å². The van der Waals surface area contributed by atoms with E-state index in [-0.39, 0.29) is 30.0 Å². The first-order chi connectivity index (χ1) is 21.6. The minimum Gasteiger partial charge on any atom is -0.507 e. The number of benzene rings is 3. The van der Waals surface area contributed by atoms with Gasteiger partial charge in [0.25, 0.3) is 5.91 Å².